The summed E-state index contributed by atoms with van der Waals surface area (Å²) in [5.74, 6) is 0.865. The highest BCUT2D eigenvalue weighted by Gasteiger charge is 2.29. The number of nitrogens with zero attached hydrogens (tertiary/aromatic N) is 3. The monoisotopic (exact) mass is 324 g/mol. The maximum Gasteiger partial charge on any atom is 0.228 e. The molecular weight excluding hydrogens is 304 g/mol. The largest absolute Gasteiger partial charge is 0.371 e. The molecule has 0 unspecified atom stereocenters. The molecule has 6 nitrogen and oxygen atoms in total. The molecule has 0 atom stereocenters. The van der Waals surface area contributed by atoms with Gasteiger partial charge in [-0.2, -0.15) is 4.91 Å². The number of fused-ring (bicyclic) bond motifs is 1. The fraction of sp³-hybridized carbons (Fsp3) is 0.444. The molecule has 4 rings (SSSR count). The number of hydrogen-bond donors (Lipinski definition) is 1. The van der Waals surface area contributed by atoms with Crippen molar-refractivity contribution in [3.63, 3.8) is 0 Å². The van der Waals surface area contributed by atoms with Crippen LogP contribution in [0.25, 0.3) is 10.8 Å². The third-order valence-electron chi connectivity index (χ3n) is 4.88. The van der Waals surface area contributed by atoms with E-state index in [-0.39, 0.29) is 17.9 Å². The molecule has 124 valence electrons. The maximum absolute atomic E-state index is 11.8. The highest BCUT2D eigenvalue weighted by Crippen LogP contribution is 2.31. The number of carbonyl (C=O) groups excluding carboxylic acids is 1. The van der Waals surface area contributed by atoms with Gasteiger partial charge in [0.25, 0.3) is 0 Å². The van der Waals surface area contributed by atoms with Crippen molar-refractivity contribution in [2.45, 2.75) is 31.7 Å². The van der Waals surface area contributed by atoms with Crippen LogP contribution in [0.15, 0.2) is 35.6 Å². The van der Waals surface area contributed by atoms with Crippen molar-refractivity contribution in [1.29, 1.82) is 0 Å². The molecule has 2 heterocycles. The molecule has 2 aromatic rings. The van der Waals surface area contributed by atoms with Crippen molar-refractivity contribution in [1.82, 2.24) is 4.98 Å². The minimum atomic E-state index is -0.0407. The topological polar surface area (TPSA) is 74.7 Å². The van der Waals surface area contributed by atoms with E-state index in [9.17, 15) is 9.70 Å². The molecule has 1 amide bonds. The molecule has 1 saturated heterocycles. The minimum Gasteiger partial charge on any atom is -0.371 e. The molecule has 1 aliphatic carbocycles. The number of benzene rings is 1. The first-order valence-corrected chi connectivity index (χ1v) is 8.51. The second-order valence-corrected chi connectivity index (χ2v) is 6.69. The van der Waals surface area contributed by atoms with Crippen molar-refractivity contribution in [3.8, 4) is 0 Å². The molecule has 0 spiro atoms. The van der Waals surface area contributed by atoms with Gasteiger partial charge in [-0.05, 0) is 49.3 Å². The van der Waals surface area contributed by atoms with Gasteiger partial charge in [-0.3, -0.25) is 4.79 Å². The quantitative estimate of drug-likeness (QED) is 0.876. The fourth-order valence-electron chi connectivity index (χ4n) is 3.20. The van der Waals surface area contributed by atoms with Crippen LogP contribution in [0.4, 0.5) is 11.5 Å². The average Bonchev–Trinajstić information content (AvgIpc) is 3.46. The molecule has 0 radical (unpaired) electrons. The molecular formula is C18H20N4O2. The highest BCUT2D eigenvalue weighted by atomic mass is 16.3. The Morgan fingerprint density at radius 3 is 2.62 bits per heavy atom. The number of pyridine rings is 1. The number of nitrogens with one attached hydrogen (secondary N) is 1. The van der Waals surface area contributed by atoms with Gasteiger partial charge in [0.15, 0.2) is 0 Å². The first kappa shape index (κ1) is 15.1. The lowest BCUT2D eigenvalue weighted by Gasteiger charge is -2.31. The van der Waals surface area contributed by atoms with E-state index >= 15 is 0 Å². The number of anilines is 2. The lowest BCUT2D eigenvalue weighted by molar-refractivity contribution is -0.117. The molecule has 6 heteroatoms. The highest BCUT2D eigenvalue weighted by molar-refractivity contribution is 5.95. The molecule has 0 bridgehead atoms. The second kappa shape index (κ2) is 6.19. The van der Waals surface area contributed by atoms with Gasteiger partial charge in [-0.1, -0.05) is 11.2 Å². The number of amides is 1. The van der Waals surface area contributed by atoms with Crippen molar-refractivity contribution >= 4 is 28.2 Å². The number of rotatable bonds is 4. The molecule has 2 aliphatic rings. The number of nitroso groups, excluding NO2 is 1. The van der Waals surface area contributed by atoms with Crippen molar-refractivity contribution in [2.24, 2.45) is 11.1 Å². The predicted octanol–water partition coefficient (Wildman–Crippen LogP) is 3.32. The summed E-state index contributed by atoms with van der Waals surface area (Å²) in [4.78, 5) is 29.1. The number of aromatic nitrogens is 1. The smallest absolute Gasteiger partial charge is 0.228 e. The summed E-state index contributed by atoms with van der Waals surface area (Å²) in [7, 11) is 0. The SMILES string of the molecule is O=NC1CCN(c2ccc3cc(NC(=O)C4CC4)ncc3c2)CC1. The summed E-state index contributed by atoms with van der Waals surface area (Å²) in [5, 5.41) is 8.15. The number of piperidine rings is 1. The summed E-state index contributed by atoms with van der Waals surface area (Å²) < 4.78 is 0. The second-order valence-electron chi connectivity index (χ2n) is 6.69. The Labute approximate surface area is 140 Å². The van der Waals surface area contributed by atoms with Gasteiger partial charge in [0.1, 0.15) is 5.82 Å². The number of hydrogen-bond acceptors (Lipinski definition) is 5. The zero-order valence-electron chi connectivity index (χ0n) is 13.4. The Bertz CT molecular complexity index is 780. The first-order chi connectivity index (χ1) is 11.7. The predicted molar refractivity (Wildman–Crippen MR) is 94.1 cm³/mol. The van der Waals surface area contributed by atoms with Crippen LogP contribution >= 0.6 is 0 Å². The van der Waals surface area contributed by atoms with E-state index in [2.05, 4.69) is 38.6 Å². The third kappa shape index (κ3) is 3.09. The van der Waals surface area contributed by atoms with Crippen LogP contribution < -0.4 is 10.2 Å². The standard InChI is InChI=1S/C18H20N4O2/c23-18(12-1-2-12)20-17-10-13-3-4-16(9-14(13)11-19-17)22-7-5-15(21-24)6-8-22/h3-4,9-12,15H,1-2,5-8H2,(H,19,20,23). The van der Waals surface area contributed by atoms with E-state index in [1.165, 1.54) is 0 Å². The molecule has 1 saturated carbocycles. The van der Waals surface area contributed by atoms with Crippen LogP contribution in [0, 0.1) is 10.8 Å². The summed E-state index contributed by atoms with van der Waals surface area (Å²) >= 11 is 0. The molecule has 24 heavy (non-hydrogen) atoms. The summed E-state index contributed by atoms with van der Waals surface area (Å²) in [6.45, 7) is 1.70. The Morgan fingerprint density at radius 2 is 1.92 bits per heavy atom. The molecule has 1 aromatic carbocycles. The molecule has 1 N–H and O–H groups in total. The maximum atomic E-state index is 11.8. The summed E-state index contributed by atoms with van der Waals surface area (Å²) in [6, 6.07) is 8.14. The van der Waals surface area contributed by atoms with Gasteiger partial charge >= 0.3 is 0 Å². The van der Waals surface area contributed by atoms with Crippen molar-refractivity contribution in [3.05, 3.63) is 35.4 Å². The van der Waals surface area contributed by atoms with Crippen molar-refractivity contribution < 1.29 is 4.79 Å². The normalized spacial score (nSPS) is 18.6. The summed E-state index contributed by atoms with van der Waals surface area (Å²) in [5.41, 5.74) is 1.14. The molecule has 2 fully saturated rings. The van der Waals surface area contributed by atoms with Gasteiger partial charge in [0, 0.05) is 36.3 Å². The van der Waals surface area contributed by atoms with E-state index in [1.807, 2.05) is 6.07 Å². The fourth-order valence-corrected chi connectivity index (χ4v) is 3.20. The van der Waals surface area contributed by atoms with E-state index in [0.717, 1.165) is 55.2 Å². The van der Waals surface area contributed by atoms with Gasteiger partial charge in [-0.15, -0.1) is 0 Å². The van der Waals surface area contributed by atoms with Crippen LogP contribution in [0.2, 0.25) is 0 Å². The summed E-state index contributed by atoms with van der Waals surface area (Å²) in [6.07, 6.45) is 5.40. The van der Waals surface area contributed by atoms with Gasteiger partial charge < -0.3 is 10.2 Å². The molecule has 1 aliphatic heterocycles. The number of carbonyl (C=O) groups is 1. The third-order valence-corrected chi connectivity index (χ3v) is 4.88. The Morgan fingerprint density at radius 1 is 1.12 bits per heavy atom. The Balaban J connectivity index is 1.51. The van der Waals surface area contributed by atoms with Gasteiger partial charge in [0.2, 0.25) is 5.91 Å². The zero-order chi connectivity index (χ0) is 16.5. The minimum absolute atomic E-state index is 0.0407. The first-order valence-electron chi connectivity index (χ1n) is 8.51. The van der Waals surface area contributed by atoms with Crippen LogP contribution in [-0.2, 0) is 4.79 Å². The van der Waals surface area contributed by atoms with Crippen LogP contribution in [0.1, 0.15) is 25.7 Å². The van der Waals surface area contributed by atoms with E-state index < -0.39 is 0 Å². The lowest BCUT2D eigenvalue weighted by Crippen LogP contribution is -2.35. The van der Waals surface area contributed by atoms with Crippen LogP contribution in [0.5, 0.6) is 0 Å². The zero-order valence-corrected chi connectivity index (χ0v) is 13.4. The van der Waals surface area contributed by atoms with E-state index in [0.29, 0.717) is 5.82 Å². The van der Waals surface area contributed by atoms with E-state index in [1.54, 1.807) is 6.20 Å². The average molecular weight is 324 g/mol. The Kier molecular flexibility index (Phi) is 3.88. The Hall–Kier alpha value is -2.50. The lowest BCUT2D eigenvalue weighted by atomic mass is 10.0. The van der Waals surface area contributed by atoms with Crippen LogP contribution in [0.3, 0.4) is 0 Å². The molecule has 1 aromatic heterocycles. The van der Waals surface area contributed by atoms with E-state index in [4.69, 9.17) is 0 Å². The van der Waals surface area contributed by atoms with Gasteiger partial charge in [-0.25, -0.2) is 4.98 Å². The van der Waals surface area contributed by atoms with Crippen molar-refractivity contribution in [2.75, 3.05) is 23.3 Å². The van der Waals surface area contributed by atoms with Crippen LogP contribution in [-0.4, -0.2) is 30.0 Å². The van der Waals surface area contributed by atoms with Gasteiger partial charge in [0.05, 0.1) is 6.04 Å².